The molecule has 1 aliphatic rings. The molecule has 5 nitrogen and oxygen atoms in total. The van der Waals surface area contributed by atoms with Crippen LogP contribution in [0.1, 0.15) is 25.7 Å². The van der Waals surface area contributed by atoms with Crippen molar-refractivity contribution in [3.8, 4) is 11.4 Å². The summed E-state index contributed by atoms with van der Waals surface area (Å²) < 4.78 is 0. The van der Waals surface area contributed by atoms with Crippen molar-refractivity contribution in [1.82, 2.24) is 15.3 Å². The molecule has 1 amide bonds. The Kier molecular flexibility index (Phi) is 5.72. The van der Waals surface area contributed by atoms with Crippen LogP contribution in [-0.4, -0.2) is 29.0 Å². The molecule has 2 N–H and O–H groups in total. The minimum Gasteiger partial charge on any atom is -0.368 e. The van der Waals surface area contributed by atoms with Crippen molar-refractivity contribution in [3.63, 3.8) is 0 Å². The van der Waals surface area contributed by atoms with Gasteiger partial charge in [0.2, 0.25) is 5.91 Å². The molecule has 28 heavy (non-hydrogen) atoms. The van der Waals surface area contributed by atoms with Gasteiger partial charge in [0.15, 0.2) is 5.82 Å². The summed E-state index contributed by atoms with van der Waals surface area (Å²) in [5.41, 5.74) is 1.78. The lowest BCUT2D eigenvalue weighted by molar-refractivity contribution is -0.124. The van der Waals surface area contributed by atoms with Crippen LogP contribution in [0.4, 0.5) is 5.82 Å². The number of fused-ring (bicyclic) bond motifs is 1. The quantitative estimate of drug-likeness (QED) is 0.596. The van der Waals surface area contributed by atoms with Crippen LogP contribution in [0.5, 0.6) is 0 Å². The van der Waals surface area contributed by atoms with Gasteiger partial charge in [0.05, 0.1) is 5.52 Å². The van der Waals surface area contributed by atoms with Crippen molar-refractivity contribution in [1.29, 1.82) is 0 Å². The molecule has 1 fully saturated rings. The zero-order valence-electron chi connectivity index (χ0n) is 15.6. The summed E-state index contributed by atoms with van der Waals surface area (Å²) in [4.78, 5) is 21.6. The van der Waals surface area contributed by atoms with Gasteiger partial charge < -0.3 is 10.6 Å². The Labute approximate surface area is 169 Å². The van der Waals surface area contributed by atoms with Gasteiger partial charge in [-0.15, -0.1) is 0 Å². The third kappa shape index (κ3) is 4.25. The first-order valence-electron chi connectivity index (χ1n) is 9.75. The second-order valence-electron chi connectivity index (χ2n) is 7.12. The van der Waals surface area contributed by atoms with Crippen molar-refractivity contribution in [2.45, 2.75) is 25.7 Å². The molecule has 0 radical (unpaired) electrons. The maximum Gasteiger partial charge on any atom is 0.223 e. The van der Waals surface area contributed by atoms with E-state index in [-0.39, 0.29) is 11.8 Å². The van der Waals surface area contributed by atoms with Gasteiger partial charge in [0, 0.05) is 35.0 Å². The molecule has 0 bridgehead atoms. The smallest absolute Gasteiger partial charge is 0.223 e. The van der Waals surface area contributed by atoms with Crippen molar-refractivity contribution in [3.05, 3.63) is 53.6 Å². The van der Waals surface area contributed by atoms with Crippen LogP contribution in [0, 0.1) is 5.92 Å². The molecule has 0 aliphatic heterocycles. The second kappa shape index (κ2) is 8.57. The zero-order valence-corrected chi connectivity index (χ0v) is 16.4. The van der Waals surface area contributed by atoms with E-state index in [9.17, 15) is 4.79 Å². The van der Waals surface area contributed by atoms with E-state index in [0.29, 0.717) is 23.9 Å². The number of rotatable bonds is 6. The Morgan fingerprint density at radius 3 is 2.54 bits per heavy atom. The zero-order chi connectivity index (χ0) is 19.3. The topological polar surface area (TPSA) is 66.9 Å². The molecule has 6 heteroatoms. The van der Waals surface area contributed by atoms with Crippen LogP contribution in [-0.2, 0) is 4.79 Å². The van der Waals surface area contributed by atoms with Crippen molar-refractivity contribution in [2.24, 2.45) is 5.92 Å². The van der Waals surface area contributed by atoms with Gasteiger partial charge in [-0.2, -0.15) is 0 Å². The normalized spacial score (nSPS) is 14.3. The van der Waals surface area contributed by atoms with Crippen LogP contribution < -0.4 is 10.6 Å². The second-order valence-corrected chi connectivity index (χ2v) is 7.56. The number of carbonyl (C=O) groups is 1. The third-order valence-electron chi connectivity index (χ3n) is 5.15. The monoisotopic (exact) mass is 394 g/mol. The predicted molar refractivity (Wildman–Crippen MR) is 113 cm³/mol. The molecule has 1 aliphatic carbocycles. The fourth-order valence-electron chi connectivity index (χ4n) is 3.64. The van der Waals surface area contributed by atoms with Gasteiger partial charge in [0.25, 0.3) is 0 Å². The summed E-state index contributed by atoms with van der Waals surface area (Å²) in [5.74, 6) is 1.78. The lowest BCUT2D eigenvalue weighted by Crippen LogP contribution is -2.33. The first-order chi connectivity index (χ1) is 13.7. The number of anilines is 1. The van der Waals surface area contributed by atoms with Crippen LogP contribution >= 0.6 is 11.6 Å². The fraction of sp³-hybridized carbons (Fsp3) is 0.318. The number of carbonyl (C=O) groups excluding carboxylic acids is 1. The Bertz CT molecular complexity index is 968. The van der Waals surface area contributed by atoms with E-state index in [1.165, 1.54) is 0 Å². The molecule has 0 spiro atoms. The summed E-state index contributed by atoms with van der Waals surface area (Å²) >= 11 is 5.99. The van der Waals surface area contributed by atoms with Gasteiger partial charge in [0.1, 0.15) is 5.82 Å². The molecule has 3 aromatic rings. The number of benzene rings is 2. The largest absolute Gasteiger partial charge is 0.368 e. The number of nitrogens with zero attached hydrogens (tertiary/aromatic N) is 2. The van der Waals surface area contributed by atoms with E-state index < -0.39 is 0 Å². The Balaban J connectivity index is 1.49. The van der Waals surface area contributed by atoms with Crippen LogP contribution in [0.15, 0.2) is 48.5 Å². The third-order valence-corrected chi connectivity index (χ3v) is 5.40. The van der Waals surface area contributed by atoms with Crippen LogP contribution in [0.3, 0.4) is 0 Å². The summed E-state index contributed by atoms with van der Waals surface area (Å²) in [6.45, 7) is 1.18. The predicted octanol–water partition coefficient (Wildman–Crippen LogP) is 4.67. The number of amides is 1. The highest BCUT2D eigenvalue weighted by Gasteiger charge is 2.21. The highest BCUT2D eigenvalue weighted by Crippen LogP contribution is 2.26. The number of aromatic nitrogens is 2. The van der Waals surface area contributed by atoms with Crippen molar-refractivity contribution in [2.75, 3.05) is 18.4 Å². The Morgan fingerprint density at radius 2 is 1.75 bits per heavy atom. The molecular formula is C22H23ClN4O. The minimum atomic E-state index is 0.175. The number of hydrogen-bond acceptors (Lipinski definition) is 4. The maximum absolute atomic E-state index is 12.2. The Hall–Kier alpha value is -2.66. The molecule has 1 heterocycles. The number of hydrogen-bond donors (Lipinski definition) is 2. The van der Waals surface area contributed by atoms with Gasteiger partial charge >= 0.3 is 0 Å². The first kappa shape index (κ1) is 18.7. The molecule has 0 atom stereocenters. The average Bonchev–Trinajstić information content (AvgIpc) is 3.26. The van der Waals surface area contributed by atoms with E-state index in [4.69, 9.17) is 16.6 Å². The standard InChI is InChI=1S/C22H23ClN4O/c23-17-11-9-15(10-12-17)20-26-19-8-4-3-7-18(19)21(27-20)24-13-14-25-22(28)16-5-1-2-6-16/h3-4,7-12,16H,1-2,5-6,13-14H2,(H,25,28)(H,24,26,27). The highest BCUT2D eigenvalue weighted by atomic mass is 35.5. The lowest BCUT2D eigenvalue weighted by atomic mass is 10.1. The summed E-state index contributed by atoms with van der Waals surface area (Å²) in [5, 5.41) is 8.04. The fourth-order valence-corrected chi connectivity index (χ4v) is 3.76. The van der Waals surface area contributed by atoms with Gasteiger partial charge in [-0.1, -0.05) is 36.6 Å². The molecule has 1 aromatic heterocycles. The molecular weight excluding hydrogens is 372 g/mol. The number of halogens is 1. The van der Waals surface area contributed by atoms with E-state index in [2.05, 4.69) is 15.6 Å². The lowest BCUT2D eigenvalue weighted by Gasteiger charge is -2.13. The summed E-state index contributed by atoms with van der Waals surface area (Å²) in [6.07, 6.45) is 4.36. The maximum atomic E-state index is 12.2. The van der Waals surface area contributed by atoms with Gasteiger partial charge in [-0.05, 0) is 49.2 Å². The van der Waals surface area contributed by atoms with Gasteiger partial charge in [-0.3, -0.25) is 4.79 Å². The van der Waals surface area contributed by atoms with Crippen molar-refractivity contribution >= 4 is 34.2 Å². The van der Waals surface area contributed by atoms with Crippen molar-refractivity contribution < 1.29 is 4.79 Å². The molecule has 1 saturated carbocycles. The SMILES string of the molecule is O=C(NCCNc1nc(-c2ccc(Cl)cc2)nc2ccccc12)C1CCCC1. The number of nitrogens with one attached hydrogen (secondary N) is 2. The molecule has 2 aromatic carbocycles. The summed E-state index contributed by atoms with van der Waals surface area (Å²) in [7, 11) is 0. The van der Waals surface area contributed by atoms with Gasteiger partial charge in [-0.25, -0.2) is 9.97 Å². The average molecular weight is 395 g/mol. The molecule has 0 saturated heterocycles. The Morgan fingerprint density at radius 1 is 1.00 bits per heavy atom. The van der Waals surface area contributed by atoms with E-state index in [0.717, 1.165) is 48.0 Å². The van der Waals surface area contributed by atoms with Crippen LogP contribution in [0.25, 0.3) is 22.3 Å². The first-order valence-corrected chi connectivity index (χ1v) is 10.1. The minimum absolute atomic E-state index is 0.175. The summed E-state index contributed by atoms with van der Waals surface area (Å²) in [6, 6.07) is 15.4. The van der Waals surface area contributed by atoms with Crippen LogP contribution in [0.2, 0.25) is 5.02 Å². The highest BCUT2D eigenvalue weighted by molar-refractivity contribution is 6.30. The van der Waals surface area contributed by atoms with E-state index >= 15 is 0 Å². The van der Waals surface area contributed by atoms with E-state index in [1.54, 1.807) is 0 Å². The molecule has 0 unspecified atom stereocenters. The van der Waals surface area contributed by atoms with E-state index in [1.807, 2.05) is 48.5 Å². The molecule has 4 rings (SSSR count). The number of para-hydroxylation sites is 1. The molecule has 144 valence electrons.